The molecular formula is C52H55ClN2. The smallest absolute Gasteiger partial charge is 0.0887 e. The number of hydrogen-bond acceptors (Lipinski definition) is 0. The number of nitrogens with zero attached hydrogens (tertiary/aromatic N) is 2. The summed E-state index contributed by atoms with van der Waals surface area (Å²) < 4.78 is 4.82. The highest BCUT2D eigenvalue weighted by atomic mass is 35.5. The van der Waals surface area contributed by atoms with Crippen LogP contribution in [0.5, 0.6) is 0 Å². The van der Waals surface area contributed by atoms with E-state index in [1.54, 1.807) is 0 Å². The van der Waals surface area contributed by atoms with Gasteiger partial charge in [-0.3, -0.25) is 0 Å². The molecule has 0 aliphatic rings. The number of hydrogen-bond donors (Lipinski definition) is 0. The summed E-state index contributed by atoms with van der Waals surface area (Å²) in [7, 11) is 0. The summed E-state index contributed by atoms with van der Waals surface area (Å²) in [6, 6.07) is 43.3. The second-order valence-corrected chi connectivity index (χ2v) is 20.2. The molecule has 0 amide bonds. The molecule has 0 bridgehead atoms. The standard InChI is InChI=1S/C52H55ClN2/c1-49(2,3)34-18-22-42-38(28-34)39-29-35(50(4,5)6)19-23-43(39)54(42)46-26-33(32-16-14-13-15-17-32)27-47(48(46)53)55-44-24-20-36(51(7,8)9)30-40(44)41-31-37(52(10,11)12)21-25-45(41)55/h13-31H,1-12H3. The predicted octanol–water partition coefficient (Wildman–Crippen LogP) is 15.4. The van der Waals surface area contributed by atoms with Crippen molar-refractivity contribution in [3.05, 3.63) is 143 Å². The zero-order valence-electron chi connectivity index (χ0n) is 34.7. The molecular weight excluding hydrogens is 688 g/mol. The summed E-state index contributed by atoms with van der Waals surface area (Å²) in [6.45, 7) is 27.5. The van der Waals surface area contributed by atoms with E-state index in [1.807, 2.05) is 0 Å². The van der Waals surface area contributed by atoms with Gasteiger partial charge in [-0.2, -0.15) is 0 Å². The second kappa shape index (κ2) is 12.6. The number of halogens is 1. The Morgan fingerprint density at radius 1 is 0.345 bits per heavy atom. The molecule has 55 heavy (non-hydrogen) atoms. The molecule has 0 fully saturated rings. The summed E-state index contributed by atoms with van der Waals surface area (Å²) in [5.74, 6) is 0. The van der Waals surface area contributed by atoms with Gasteiger partial charge >= 0.3 is 0 Å². The highest BCUT2D eigenvalue weighted by Gasteiger charge is 2.26. The number of fused-ring (bicyclic) bond motifs is 6. The van der Waals surface area contributed by atoms with Crippen molar-refractivity contribution in [1.29, 1.82) is 0 Å². The Hall–Kier alpha value is -4.79. The molecule has 0 radical (unpaired) electrons. The Morgan fingerprint density at radius 3 is 0.909 bits per heavy atom. The molecule has 6 aromatic carbocycles. The minimum absolute atomic E-state index is 0.0124. The van der Waals surface area contributed by atoms with Crippen molar-refractivity contribution in [2.45, 2.75) is 105 Å². The van der Waals surface area contributed by atoms with E-state index < -0.39 is 0 Å². The summed E-state index contributed by atoms with van der Waals surface area (Å²) in [5, 5.41) is 5.71. The second-order valence-electron chi connectivity index (χ2n) is 19.8. The first-order valence-electron chi connectivity index (χ1n) is 19.8. The SMILES string of the molecule is CC(C)(C)c1ccc2c(c1)c1cc(C(C)(C)C)ccc1n2-c1cc(-c2ccccc2)cc(-n2c3ccc(C(C)(C)C)cc3c3cc(C(C)(C)C)ccc32)c1Cl. The van der Waals surface area contributed by atoms with E-state index in [9.17, 15) is 0 Å². The topological polar surface area (TPSA) is 9.86 Å². The van der Waals surface area contributed by atoms with Gasteiger partial charge in [0.25, 0.3) is 0 Å². The van der Waals surface area contributed by atoms with E-state index in [-0.39, 0.29) is 21.7 Å². The van der Waals surface area contributed by atoms with Crippen molar-refractivity contribution in [3.8, 4) is 22.5 Å². The molecule has 0 unspecified atom stereocenters. The van der Waals surface area contributed by atoms with Crippen LogP contribution in [0.25, 0.3) is 66.1 Å². The van der Waals surface area contributed by atoms with E-state index in [0.717, 1.165) is 49.6 Å². The van der Waals surface area contributed by atoms with Gasteiger partial charge in [-0.05, 0) is 116 Å². The van der Waals surface area contributed by atoms with Gasteiger partial charge in [0.15, 0.2) is 0 Å². The summed E-state index contributed by atoms with van der Waals surface area (Å²) >= 11 is 7.93. The third-order valence-electron chi connectivity index (χ3n) is 11.6. The molecule has 0 aliphatic heterocycles. The van der Waals surface area contributed by atoms with Crippen LogP contribution in [0.15, 0.2) is 115 Å². The largest absolute Gasteiger partial charge is 0.308 e. The number of rotatable bonds is 3. The number of benzene rings is 6. The van der Waals surface area contributed by atoms with Crippen LogP contribution in [-0.4, -0.2) is 9.13 Å². The lowest BCUT2D eigenvalue weighted by molar-refractivity contribution is 0.590. The third kappa shape index (κ3) is 6.37. The lowest BCUT2D eigenvalue weighted by Gasteiger charge is -2.21. The molecule has 2 nitrogen and oxygen atoms in total. The Morgan fingerprint density at radius 2 is 0.636 bits per heavy atom. The van der Waals surface area contributed by atoms with Crippen LogP contribution >= 0.6 is 11.6 Å². The Kier molecular flexibility index (Phi) is 8.52. The maximum absolute atomic E-state index is 7.93. The van der Waals surface area contributed by atoms with Crippen LogP contribution in [0.1, 0.15) is 105 Å². The Labute approximate surface area is 332 Å². The molecule has 280 valence electrons. The Bertz CT molecular complexity index is 2470. The van der Waals surface area contributed by atoms with Crippen LogP contribution in [0.3, 0.4) is 0 Å². The molecule has 0 aliphatic carbocycles. The van der Waals surface area contributed by atoms with Crippen LogP contribution in [0.2, 0.25) is 5.02 Å². The maximum atomic E-state index is 7.93. The van der Waals surface area contributed by atoms with Gasteiger partial charge in [-0.1, -0.05) is 149 Å². The van der Waals surface area contributed by atoms with Gasteiger partial charge in [0, 0.05) is 21.5 Å². The molecule has 0 N–H and O–H groups in total. The average molecular weight is 743 g/mol. The normalized spacial score (nSPS) is 13.2. The first kappa shape index (κ1) is 37.1. The zero-order chi connectivity index (χ0) is 39.4. The maximum Gasteiger partial charge on any atom is 0.0887 e. The predicted molar refractivity (Wildman–Crippen MR) is 240 cm³/mol. The quantitative estimate of drug-likeness (QED) is 0.171. The lowest BCUT2D eigenvalue weighted by Crippen LogP contribution is -2.10. The molecule has 8 aromatic rings. The Balaban J connectivity index is 1.51. The molecule has 2 aromatic heterocycles. The molecule has 0 spiro atoms. The van der Waals surface area contributed by atoms with Crippen molar-refractivity contribution in [2.75, 3.05) is 0 Å². The van der Waals surface area contributed by atoms with E-state index in [2.05, 4.69) is 207 Å². The van der Waals surface area contributed by atoms with E-state index in [4.69, 9.17) is 11.6 Å². The van der Waals surface area contributed by atoms with Gasteiger partial charge in [0.2, 0.25) is 0 Å². The minimum Gasteiger partial charge on any atom is -0.308 e. The molecule has 0 saturated carbocycles. The molecule has 0 saturated heterocycles. The van der Waals surface area contributed by atoms with Crippen molar-refractivity contribution in [2.24, 2.45) is 0 Å². The van der Waals surface area contributed by atoms with Gasteiger partial charge < -0.3 is 9.13 Å². The van der Waals surface area contributed by atoms with Crippen molar-refractivity contribution in [3.63, 3.8) is 0 Å². The van der Waals surface area contributed by atoms with Crippen molar-refractivity contribution >= 4 is 55.2 Å². The monoisotopic (exact) mass is 742 g/mol. The minimum atomic E-state index is 0.0124. The van der Waals surface area contributed by atoms with E-state index in [0.29, 0.717) is 0 Å². The van der Waals surface area contributed by atoms with Crippen molar-refractivity contribution in [1.82, 2.24) is 9.13 Å². The van der Waals surface area contributed by atoms with Crippen molar-refractivity contribution < 1.29 is 0 Å². The summed E-state index contributed by atoms with van der Waals surface area (Å²) in [6.07, 6.45) is 0. The summed E-state index contributed by atoms with van der Waals surface area (Å²) in [5.41, 5.74) is 14.1. The van der Waals surface area contributed by atoms with Crippen LogP contribution < -0.4 is 0 Å². The van der Waals surface area contributed by atoms with Crippen LogP contribution in [0.4, 0.5) is 0 Å². The molecule has 8 rings (SSSR count). The zero-order valence-corrected chi connectivity index (χ0v) is 35.5. The molecule has 2 heterocycles. The van der Waals surface area contributed by atoms with Crippen LogP contribution in [-0.2, 0) is 21.7 Å². The van der Waals surface area contributed by atoms with E-state index in [1.165, 1.54) is 43.8 Å². The fourth-order valence-electron chi connectivity index (χ4n) is 8.15. The van der Waals surface area contributed by atoms with E-state index >= 15 is 0 Å². The highest BCUT2D eigenvalue weighted by molar-refractivity contribution is 6.35. The number of aromatic nitrogens is 2. The van der Waals surface area contributed by atoms with Gasteiger partial charge in [0.05, 0.1) is 38.5 Å². The average Bonchev–Trinajstić information content (AvgIpc) is 3.62. The lowest BCUT2D eigenvalue weighted by atomic mass is 9.85. The highest BCUT2D eigenvalue weighted by Crippen LogP contribution is 2.45. The van der Waals surface area contributed by atoms with Gasteiger partial charge in [-0.15, -0.1) is 0 Å². The third-order valence-corrected chi connectivity index (χ3v) is 12.0. The van der Waals surface area contributed by atoms with Gasteiger partial charge in [0.1, 0.15) is 0 Å². The fraction of sp³-hybridized carbons (Fsp3) is 0.308. The molecule has 0 atom stereocenters. The van der Waals surface area contributed by atoms with Crippen LogP contribution in [0, 0.1) is 0 Å². The first-order chi connectivity index (χ1) is 25.7. The first-order valence-corrected chi connectivity index (χ1v) is 20.2. The molecule has 3 heteroatoms. The summed E-state index contributed by atoms with van der Waals surface area (Å²) in [4.78, 5) is 0. The van der Waals surface area contributed by atoms with Gasteiger partial charge in [-0.25, -0.2) is 0 Å². The fourth-order valence-corrected chi connectivity index (χ4v) is 8.43.